The predicted molar refractivity (Wildman–Crippen MR) is 96.9 cm³/mol. The van der Waals surface area contributed by atoms with Crippen molar-refractivity contribution < 1.29 is 9.53 Å². The Hall–Kier alpha value is -2.20. The van der Waals surface area contributed by atoms with E-state index in [-0.39, 0.29) is 17.7 Å². The summed E-state index contributed by atoms with van der Waals surface area (Å²) >= 11 is 5.86. The molecule has 3 rings (SSSR count). The molecule has 0 spiro atoms. The topological polar surface area (TPSA) is 50.4 Å². The summed E-state index contributed by atoms with van der Waals surface area (Å²) in [6.45, 7) is 6.09. The summed E-state index contributed by atoms with van der Waals surface area (Å²) in [7, 11) is 0. The van der Waals surface area contributed by atoms with Gasteiger partial charge in [-0.05, 0) is 51.1 Å². The highest BCUT2D eigenvalue weighted by Crippen LogP contribution is 2.39. The van der Waals surface area contributed by atoms with Crippen LogP contribution < -0.4 is 15.4 Å². The highest BCUT2D eigenvalue weighted by molar-refractivity contribution is 6.30. The van der Waals surface area contributed by atoms with E-state index in [2.05, 4.69) is 16.7 Å². The molecular formula is C19H21ClN2O2. The lowest BCUT2D eigenvalue weighted by atomic mass is 9.89. The fourth-order valence-electron chi connectivity index (χ4n) is 2.96. The van der Waals surface area contributed by atoms with Gasteiger partial charge in [0.05, 0.1) is 6.04 Å². The molecule has 0 saturated carbocycles. The summed E-state index contributed by atoms with van der Waals surface area (Å²) in [6.07, 6.45) is 0.706. The zero-order valence-electron chi connectivity index (χ0n) is 14.0. The van der Waals surface area contributed by atoms with E-state index in [9.17, 15) is 4.79 Å². The van der Waals surface area contributed by atoms with Gasteiger partial charge in [-0.25, -0.2) is 4.79 Å². The first-order valence-electron chi connectivity index (χ1n) is 7.95. The third-order valence-corrected chi connectivity index (χ3v) is 4.28. The van der Waals surface area contributed by atoms with Gasteiger partial charge >= 0.3 is 6.03 Å². The fourth-order valence-corrected chi connectivity index (χ4v) is 3.09. The largest absolute Gasteiger partial charge is 0.487 e. The zero-order valence-corrected chi connectivity index (χ0v) is 14.8. The number of ether oxygens (including phenoxy) is 1. The van der Waals surface area contributed by atoms with Crippen LogP contribution in [0.25, 0.3) is 0 Å². The van der Waals surface area contributed by atoms with Crippen LogP contribution in [0.3, 0.4) is 0 Å². The number of carbonyl (C=O) groups is 1. The van der Waals surface area contributed by atoms with Gasteiger partial charge < -0.3 is 15.4 Å². The molecule has 0 aromatic heterocycles. The number of hydrogen-bond acceptors (Lipinski definition) is 2. The molecule has 0 bridgehead atoms. The average molecular weight is 345 g/mol. The first-order valence-corrected chi connectivity index (χ1v) is 8.33. The fraction of sp³-hybridized carbons (Fsp3) is 0.316. The van der Waals surface area contributed by atoms with Crippen molar-refractivity contribution in [3.05, 3.63) is 58.6 Å². The van der Waals surface area contributed by atoms with E-state index in [0.717, 1.165) is 16.9 Å². The molecule has 1 aliphatic heterocycles. The number of benzene rings is 2. The molecule has 4 nitrogen and oxygen atoms in total. The van der Waals surface area contributed by atoms with Gasteiger partial charge in [-0.2, -0.15) is 0 Å². The Morgan fingerprint density at radius 2 is 1.92 bits per heavy atom. The van der Waals surface area contributed by atoms with Crippen LogP contribution >= 0.6 is 11.6 Å². The van der Waals surface area contributed by atoms with Crippen LogP contribution in [0.15, 0.2) is 42.5 Å². The molecule has 1 heterocycles. The number of anilines is 1. The molecule has 24 heavy (non-hydrogen) atoms. The number of aryl methyl sites for hydroxylation is 1. The third-order valence-electron chi connectivity index (χ3n) is 4.03. The van der Waals surface area contributed by atoms with Crippen molar-refractivity contribution in [1.29, 1.82) is 0 Å². The van der Waals surface area contributed by atoms with Crippen LogP contribution in [0.4, 0.5) is 10.5 Å². The highest BCUT2D eigenvalue weighted by atomic mass is 35.5. The lowest BCUT2D eigenvalue weighted by Crippen LogP contribution is -2.42. The zero-order chi connectivity index (χ0) is 17.3. The summed E-state index contributed by atoms with van der Waals surface area (Å²) in [5.74, 6) is 0.827. The second-order valence-electron chi connectivity index (χ2n) is 6.77. The van der Waals surface area contributed by atoms with Crippen LogP contribution in [0.5, 0.6) is 5.75 Å². The predicted octanol–water partition coefficient (Wildman–Crippen LogP) is 5.07. The Morgan fingerprint density at radius 1 is 1.21 bits per heavy atom. The Bertz CT molecular complexity index is 756. The van der Waals surface area contributed by atoms with Gasteiger partial charge in [0, 0.05) is 22.7 Å². The standard InChI is InChI=1S/C19H21ClN2O2/c1-12-4-9-17-15(10-12)16(11-19(2,3)24-17)22-18(23)21-14-7-5-13(20)6-8-14/h4-10,16H,11H2,1-3H3,(H2,21,22,23)/t16-/m1/s1. The molecule has 2 aromatic carbocycles. The smallest absolute Gasteiger partial charge is 0.319 e. The number of fused-ring (bicyclic) bond motifs is 1. The molecule has 5 heteroatoms. The van der Waals surface area contributed by atoms with Crippen molar-refractivity contribution in [2.75, 3.05) is 5.32 Å². The Kier molecular flexibility index (Phi) is 4.41. The summed E-state index contributed by atoms with van der Waals surface area (Å²) in [4.78, 5) is 12.4. The van der Waals surface area contributed by atoms with Crippen LogP contribution in [-0.2, 0) is 0 Å². The van der Waals surface area contributed by atoms with E-state index in [4.69, 9.17) is 16.3 Å². The number of halogens is 1. The van der Waals surface area contributed by atoms with Gasteiger partial charge in [0.2, 0.25) is 0 Å². The number of urea groups is 1. The second-order valence-corrected chi connectivity index (χ2v) is 7.20. The molecule has 0 unspecified atom stereocenters. The van der Waals surface area contributed by atoms with Crippen molar-refractivity contribution in [1.82, 2.24) is 5.32 Å². The van der Waals surface area contributed by atoms with E-state index in [1.807, 2.05) is 32.9 Å². The number of nitrogens with one attached hydrogen (secondary N) is 2. The molecule has 0 aliphatic carbocycles. The van der Waals surface area contributed by atoms with E-state index < -0.39 is 0 Å². The maximum atomic E-state index is 12.4. The Morgan fingerprint density at radius 3 is 2.62 bits per heavy atom. The van der Waals surface area contributed by atoms with Crippen molar-refractivity contribution >= 4 is 23.3 Å². The summed E-state index contributed by atoms with van der Waals surface area (Å²) in [6, 6.07) is 12.7. The first kappa shape index (κ1) is 16.7. The van der Waals surface area contributed by atoms with Crippen LogP contribution in [0.2, 0.25) is 5.02 Å². The van der Waals surface area contributed by atoms with Gasteiger partial charge in [-0.1, -0.05) is 29.3 Å². The van der Waals surface area contributed by atoms with Crippen molar-refractivity contribution in [3.63, 3.8) is 0 Å². The SMILES string of the molecule is Cc1ccc2c(c1)[C@H](NC(=O)Nc1ccc(Cl)cc1)CC(C)(C)O2. The maximum Gasteiger partial charge on any atom is 0.319 e. The third kappa shape index (κ3) is 3.82. The van der Waals surface area contributed by atoms with Crippen molar-refractivity contribution in [2.24, 2.45) is 0 Å². The van der Waals surface area contributed by atoms with E-state index in [1.54, 1.807) is 24.3 Å². The van der Waals surface area contributed by atoms with Crippen molar-refractivity contribution in [3.8, 4) is 5.75 Å². The lowest BCUT2D eigenvalue weighted by Gasteiger charge is -2.38. The lowest BCUT2D eigenvalue weighted by molar-refractivity contribution is 0.0682. The van der Waals surface area contributed by atoms with Crippen molar-refractivity contribution in [2.45, 2.75) is 38.8 Å². The van der Waals surface area contributed by atoms with Gasteiger partial charge in [-0.15, -0.1) is 0 Å². The molecule has 0 fully saturated rings. The van der Waals surface area contributed by atoms with Gasteiger partial charge in [0.25, 0.3) is 0 Å². The van der Waals surface area contributed by atoms with Gasteiger partial charge in [-0.3, -0.25) is 0 Å². The number of carbonyl (C=O) groups excluding carboxylic acids is 1. The monoisotopic (exact) mass is 344 g/mol. The molecule has 2 aromatic rings. The molecule has 1 aliphatic rings. The molecule has 126 valence electrons. The summed E-state index contributed by atoms with van der Waals surface area (Å²) < 4.78 is 6.03. The quantitative estimate of drug-likeness (QED) is 0.798. The van der Waals surface area contributed by atoms with Gasteiger partial charge in [0.1, 0.15) is 11.4 Å². The molecular weight excluding hydrogens is 324 g/mol. The Labute approximate surface area is 147 Å². The van der Waals surface area contributed by atoms with E-state index >= 15 is 0 Å². The summed E-state index contributed by atoms with van der Waals surface area (Å²) in [5, 5.41) is 6.53. The van der Waals surface area contributed by atoms with E-state index in [0.29, 0.717) is 17.1 Å². The molecule has 2 amide bonds. The Balaban J connectivity index is 1.77. The maximum absolute atomic E-state index is 12.4. The average Bonchev–Trinajstić information content (AvgIpc) is 2.49. The minimum atomic E-state index is -0.333. The minimum Gasteiger partial charge on any atom is -0.487 e. The molecule has 1 atom stereocenters. The highest BCUT2D eigenvalue weighted by Gasteiger charge is 2.34. The molecule has 0 saturated heterocycles. The number of amides is 2. The van der Waals surface area contributed by atoms with E-state index in [1.165, 1.54) is 0 Å². The summed E-state index contributed by atoms with van der Waals surface area (Å²) in [5.41, 5.74) is 2.52. The van der Waals surface area contributed by atoms with Gasteiger partial charge in [0.15, 0.2) is 0 Å². The van der Waals surface area contributed by atoms with Crippen LogP contribution in [0, 0.1) is 6.92 Å². The number of rotatable bonds is 2. The van der Waals surface area contributed by atoms with Crippen LogP contribution in [0.1, 0.15) is 37.4 Å². The van der Waals surface area contributed by atoms with Crippen LogP contribution in [-0.4, -0.2) is 11.6 Å². The molecule has 0 radical (unpaired) electrons. The second kappa shape index (κ2) is 6.36. The first-order chi connectivity index (χ1) is 11.3. The minimum absolute atomic E-state index is 0.101. The molecule has 2 N–H and O–H groups in total. The number of hydrogen-bond donors (Lipinski definition) is 2. The normalized spacial score (nSPS) is 18.2.